The van der Waals surface area contributed by atoms with E-state index < -0.39 is 0 Å². The molecule has 1 amide bonds. The van der Waals surface area contributed by atoms with Crippen LogP contribution in [-0.2, 0) is 11.3 Å². The van der Waals surface area contributed by atoms with E-state index in [0.717, 1.165) is 10.6 Å². The van der Waals surface area contributed by atoms with E-state index in [1.165, 1.54) is 4.68 Å². The van der Waals surface area contributed by atoms with Crippen LogP contribution in [0.1, 0.15) is 5.82 Å². The number of carbonyl (C=O) groups is 1. The monoisotopic (exact) mass is 293 g/mol. The smallest absolute Gasteiger partial charge is 0.237 e. The number of aromatic nitrogens is 3. The van der Waals surface area contributed by atoms with Gasteiger partial charge in [0, 0.05) is 4.90 Å². The number of anilines is 1. The second-order valence-corrected chi connectivity index (χ2v) is 5.46. The van der Waals surface area contributed by atoms with Gasteiger partial charge in [0.1, 0.15) is 0 Å². The van der Waals surface area contributed by atoms with E-state index in [1.54, 1.807) is 16.7 Å². The Labute approximate surface area is 118 Å². The Morgan fingerprint density at radius 3 is 3.00 bits per heavy atom. The number of H-pyrrole nitrogens is 1. The van der Waals surface area contributed by atoms with Crippen LogP contribution in [0.4, 0.5) is 5.69 Å². The molecule has 1 aliphatic rings. The number of fused-ring (bicyclic) bond motifs is 1. The van der Waals surface area contributed by atoms with Gasteiger partial charge in [-0.15, -0.1) is 11.8 Å². The normalized spacial score (nSPS) is 14.5. The van der Waals surface area contributed by atoms with Gasteiger partial charge in [0.05, 0.1) is 18.0 Å². The summed E-state index contributed by atoms with van der Waals surface area (Å²) in [4.78, 5) is 14.8. The first kappa shape index (κ1) is 12.2. The van der Waals surface area contributed by atoms with Crippen LogP contribution < -0.4 is 10.7 Å². The first-order valence-electron chi connectivity index (χ1n) is 5.60. The number of hydrogen-bond donors (Lipinski definition) is 2. The first-order valence-corrected chi connectivity index (χ1v) is 7.00. The highest BCUT2D eigenvalue weighted by Crippen LogP contribution is 2.35. The van der Waals surface area contributed by atoms with Crippen LogP contribution in [0, 0.1) is 4.77 Å². The second kappa shape index (κ2) is 4.71. The molecule has 2 aromatic rings. The van der Waals surface area contributed by atoms with Crippen LogP contribution in [0.15, 0.2) is 29.2 Å². The molecule has 0 spiro atoms. The average Bonchev–Trinajstić information content (AvgIpc) is 2.74. The summed E-state index contributed by atoms with van der Waals surface area (Å²) < 4.78 is 1.62. The molecule has 1 aromatic heterocycles. The molecule has 0 atom stereocenters. The topological polar surface area (TPSA) is 79.9 Å². The maximum absolute atomic E-state index is 12.1. The summed E-state index contributed by atoms with van der Waals surface area (Å²) in [5.74, 6) is 6.75. The Bertz CT molecular complexity index is 692. The molecular weight excluding hydrogens is 282 g/mol. The highest BCUT2D eigenvalue weighted by molar-refractivity contribution is 8.00. The number of nitrogens with two attached hydrogens (primary N) is 1. The molecule has 0 bridgehead atoms. The molecule has 1 aromatic carbocycles. The van der Waals surface area contributed by atoms with Crippen molar-refractivity contribution in [2.24, 2.45) is 0 Å². The number of nitrogen functional groups attached to an aromatic ring is 1. The number of rotatable bonds is 2. The number of hydrogen-bond acceptors (Lipinski definition) is 5. The van der Waals surface area contributed by atoms with Crippen molar-refractivity contribution in [1.82, 2.24) is 14.9 Å². The number of thioether (sulfide) groups is 1. The molecule has 3 N–H and O–H groups in total. The highest BCUT2D eigenvalue weighted by Gasteiger charge is 2.25. The second-order valence-electron chi connectivity index (χ2n) is 4.05. The molecule has 8 heteroatoms. The fraction of sp³-hybridized carbons (Fsp3) is 0.182. The van der Waals surface area contributed by atoms with Gasteiger partial charge >= 0.3 is 0 Å². The summed E-state index contributed by atoms with van der Waals surface area (Å²) in [5, 5.41) is 6.65. The summed E-state index contributed by atoms with van der Waals surface area (Å²) in [6.07, 6.45) is 0. The van der Waals surface area contributed by atoms with Crippen LogP contribution in [0.2, 0.25) is 0 Å². The van der Waals surface area contributed by atoms with Crippen LogP contribution >= 0.6 is 24.0 Å². The minimum atomic E-state index is 0.0395. The molecule has 6 nitrogen and oxygen atoms in total. The van der Waals surface area contributed by atoms with Gasteiger partial charge in [0.25, 0.3) is 0 Å². The van der Waals surface area contributed by atoms with Crippen LogP contribution in [0.5, 0.6) is 0 Å². The van der Waals surface area contributed by atoms with E-state index in [4.69, 9.17) is 18.1 Å². The fourth-order valence-electron chi connectivity index (χ4n) is 1.92. The number of amides is 1. The van der Waals surface area contributed by atoms with Crippen molar-refractivity contribution in [3.8, 4) is 0 Å². The molecular formula is C11H11N5OS2. The number of carbonyl (C=O) groups excluding carboxylic acids is 1. The maximum Gasteiger partial charge on any atom is 0.237 e. The molecule has 3 rings (SSSR count). The minimum Gasteiger partial charge on any atom is -0.335 e. The van der Waals surface area contributed by atoms with Crippen LogP contribution in [0.3, 0.4) is 0 Å². The van der Waals surface area contributed by atoms with Crippen molar-refractivity contribution in [1.29, 1.82) is 0 Å². The predicted molar refractivity (Wildman–Crippen MR) is 75.9 cm³/mol. The lowest BCUT2D eigenvalue weighted by Crippen LogP contribution is -2.36. The van der Waals surface area contributed by atoms with Gasteiger partial charge < -0.3 is 10.7 Å². The van der Waals surface area contributed by atoms with Gasteiger partial charge in [-0.25, -0.2) is 4.68 Å². The Kier molecular flexibility index (Phi) is 3.03. The highest BCUT2D eigenvalue weighted by atomic mass is 32.2. The van der Waals surface area contributed by atoms with E-state index in [0.29, 0.717) is 22.9 Å². The maximum atomic E-state index is 12.1. The molecule has 0 saturated carbocycles. The molecule has 19 heavy (non-hydrogen) atoms. The molecule has 0 radical (unpaired) electrons. The zero-order valence-electron chi connectivity index (χ0n) is 9.87. The first-order chi connectivity index (χ1) is 9.16. The standard InChI is InChI=1S/C11H11N5OS2/c12-16-9(13-14-11(16)18)5-15-7-3-1-2-4-8(7)19-6-10(15)17/h1-4H,5-6,12H2,(H,14,18). The lowest BCUT2D eigenvalue weighted by atomic mass is 10.2. The number of nitrogens with zero attached hydrogens (tertiary/aromatic N) is 3. The molecule has 0 saturated heterocycles. The quantitative estimate of drug-likeness (QED) is 0.644. The van der Waals surface area contributed by atoms with Gasteiger partial charge in [-0.2, -0.15) is 5.10 Å². The lowest BCUT2D eigenvalue weighted by molar-refractivity contribution is -0.116. The number of para-hydroxylation sites is 1. The van der Waals surface area contributed by atoms with Gasteiger partial charge in [-0.05, 0) is 24.4 Å². The molecule has 0 fully saturated rings. The van der Waals surface area contributed by atoms with Gasteiger partial charge in [0.15, 0.2) is 5.82 Å². The SMILES string of the molecule is Nn1c(CN2C(=O)CSc3ccccc32)n[nH]c1=S. The third-order valence-electron chi connectivity index (χ3n) is 2.89. The van der Waals surface area contributed by atoms with Gasteiger partial charge in [-0.3, -0.25) is 9.89 Å². The third kappa shape index (κ3) is 2.13. The number of nitrogens with one attached hydrogen (secondary N) is 1. The van der Waals surface area contributed by atoms with Crippen molar-refractivity contribution in [2.45, 2.75) is 11.4 Å². The molecule has 1 aliphatic heterocycles. The number of benzene rings is 1. The largest absolute Gasteiger partial charge is 0.335 e. The zero-order chi connectivity index (χ0) is 13.4. The van der Waals surface area contributed by atoms with Crippen molar-refractivity contribution >= 4 is 35.6 Å². The van der Waals surface area contributed by atoms with E-state index in [-0.39, 0.29) is 5.91 Å². The molecule has 0 unspecified atom stereocenters. The van der Waals surface area contributed by atoms with E-state index in [2.05, 4.69) is 10.2 Å². The molecule has 98 valence electrons. The third-order valence-corrected chi connectivity index (χ3v) is 4.22. The Morgan fingerprint density at radius 2 is 2.26 bits per heavy atom. The summed E-state index contributed by atoms with van der Waals surface area (Å²) >= 11 is 6.50. The lowest BCUT2D eigenvalue weighted by Gasteiger charge is -2.28. The van der Waals surface area contributed by atoms with Crippen LogP contribution in [0.25, 0.3) is 0 Å². The van der Waals surface area contributed by atoms with Gasteiger partial charge in [0.2, 0.25) is 10.7 Å². The average molecular weight is 293 g/mol. The Morgan fingerprint density at radius 1 is 1.47 bits per heavy atom. The fourth-order valence-corrected chi connectivity index (χ4v) is 3.00. The van der Waals surface area contributed by atoms with Crippen molar-refractivity contribution < 1.29 is 4.79 Å². The van der Waals surface area contributed by atoms with Gasteiger partial charge in [-0.1, -0.05) is 12.1 Å². The zero-order valence-corrected chi connectivity index (χ0v) is 11.5. The Balaban J connectivity index is 1.98. The summed E-state index contributed by atoms with van der Waals surface area (Å²) in [7, 11) is 0. The predicted octanol–water partition coefficient (Wildman–Crippen LogP) is 1.29. The van der Waals surface area contributed by atoms with Crippen molar-refractivity contribution in [3.63, 3.8) is 0 Å². The summed E-state index contributed by atoms with van der Waals surface area (Å²) in [6.45, 7) is 0.306. The minimum absolute atomic E-state index is 0.0395. The van der Waals surface area contributed by atoms with E-state index in [1.807, 2.05) is 24.3 Å². The van der Waals surface area contributed by atoms with E-state index in [9.17, 15) is 4.79 Å². The van der Waals surface area contributed by atoms with Crippen molar-refractivity contribution in [3.05, 3.63) is 34.9 Å². The van der Waals surface area contributed by atoms with Crippen LogP contribution in [-0.4, -0.2) is 26.5 Å². The van der Waals surface area contributed by atoms with Crippen molar-refractivity contribution in [2.75, 3.05) is 16.5 Å². The van der Waals surface area contributed by atoms with E-state index >= 15 is 0 Å². The summed E-state index contributed by atoms with van der Waals surface area (Å²) in [5.41, 5.74) is 0.887. The Hall–Kier alpha value is -1.80. The molecule has 2 heterocycles. The molecule has 0 aliphatic carbocycles. The number of aromatic amines is 1. The summed E-state index contributed by atoms with van der Waals surface area (Å²) in [6, 6.07) is 7.78.